The van der Waals surface area contributed by atoms with Gasteiger partial charge in [0.2, 0.25) is 5.95 Å². The van der Waals surface area contributed by atoms with Gasteiger partial charge in [0.15, 0.2) is 0 Å². The second kappa shape index (κ2) is 4.67. The van der Waals surface area contributed by atoms with Crippen LogP contribution in [0.15, 0.2) is 24.4 Å². The van der Waals surface area contributed by atoms with Gasteiger partial charge in [0.1, 0.15) is 5.82 Å². The molecule has 0 amide bonds. The highest BCUT2D eigenvalue weighted by atomic mass is 35.5. The van der Waals surface area contributed by atoms with E-state index in [1.807, 2.05) is 0 Å². The molecule has 0 radical (unpaired) electrons. The number of halogens is 2. The molecule has 0 saturated carbocycles. The van der Waals surface area contributed by atoms with Crippen LogP contribution >= 0.6 is 11.6 Å². The van der Waals surface area contributed by atoms with Crippen LogP contribution in [0.1, 0.15) is 5.56 Å². The second-order valence-corrected chi connectivity index (χ2v) is 4.00. The van der Waals surface area contributed by atoms with Gasteiger partial charge in [-0.05, 0) is 30.7 Å². The summed E-state index contributed by atoms with van der Waals surface area (Å²) in [6, 6.07) is 4.67. The zero-order chi connectivity index (χ0) is 12.4. The number of hydrogen-bond donors (Lipinski definition) is 1. The van der Waals surface area contributed by atoms with E-state index in [0.717, 1.165) is 0 Å². The lowest BCUT2D eigenvalue weighted by molar-refractivity contribution is 0.619. The fourth-order valence-corrected chi connectivity index (χ4v) is 1.79. The van der Waals surface area contributed by atoms with E-state index < -0.39 is 0 Å². The summed E-state index contributed by atoms with van der Waals surface area (Å²) in [7, 11) is 1.72. The average molecular weight is 252 g/mol. The van der Waals surface area contributed by atoms with E-state index in [9.17, 15) is 4.39 Å². The van der Waals surface area contributed by atoms with Gasteiger partial charge in [-0.15, -0.1) is 0 Å². The molecule has 0 aliphatic carbocycles. The van der Waals surface area contributed by atoms with Crippen LogP contribution in [0.25, 0.3) is 11.3 Å². The number of nitrogens with zero attached hydrogens (tertiary/aromatic N) is 2. The lowest BCUT2D eigenvalue weighted by Crippen LogP contribution is -1.97. The third kappa shape index (κ3) is 2.36. The zero-order valence-corrected chi connectivity index (χ0v) is 10.2. The first-order valence-electron chi connectivity index (χ1n) is 5.08. The molecule has 1 heterocycles. The molecule has 3 nitrogen and oxygen atoms in total. The van der Waals surface area contributed by atoms with Crippen LogP contribution in [0, 0.1) is 12.7 Å². The summed E-state index contributed by atoms with van der Waals surface area (Å²) in [5, 5.41) is 3.30. The van der Waals surface area contributed by atoms with Crippen LogP contribution in [0.2, 0.25) is 5.02 Å². The molecular weight excluding hydrogens is 241 g/mol. The zero-order valence-electron chi connectivity index (χ0n) is 9.46. The monoisotopic (exact) mass is 251 g/mol. The first-order chi connectivity index (χ1) is 8.11. The molecule has 1 aromatic heterocycles. The fraction of sp³-hybridized carbons (Fsp3) is 0.167. The van der Waals surface area contributed by atoms with E-state index in [-0.39, 0.29) is 5.82 Å². The molecule has 0 atom stereocenters. The Bertz CT molecular complexity index is 557. The molecule has 5 heteroatoms. The summed E-state index contributed by atoms with van der Waals surface area (Å²) in [4.78, 5) is 8.21. The van der Waals surface area contributed by atoms with Crippen LogP contribution in [-0.4, -0.2) is 17.0 Å². The van der Waals surface area contributed by atoms with Gasteiger partial charge < -0.3 is 5.32 Å². The molecular formula is C12H11ClFN3. The Morgan fingerprint density at radius 2 is 2.12 bits per heavy atom. The van der Waals surface area contributed by atoms with Crippen molar-refractivity contribution in [2.45, 2.75) is 6.92 Å². The van der Waals surface area contributed by atoms with E-state index in [4.69, 9.17) is 11.6 Å². The van der Waals surface area contributed by atoms with Crippen molar-refractivity contribution in [3.63, 3.8) is 0 Å². The minimum atomic E-state index is -0.297. The number of aryl methyl sites for hydroxylation is 1. The molecule has 0 saturated heterocycles. The van der Waals surface area contributed by atoms with Crippen LogP contribution in [0.4, 0.5) is 10.3 Å². The largest absolute Gasteiger partial charge is 0.357 e. The number of rotatable bonds is 2. The van der Waals surface area contributed by atoms with Gasteiger partial charge >= 0.3 is 0 Å². The van der Waals surface area contributed by atoms with E-state index in [1.165, 1.54) is 6.07 Å². The minimum Gasteiger partial charge on any atom is -0.357 e. The van der Waals surface area contributed by atoms with Crippen molar-refractivity contribution < 1.29 is 4.39 Å². The standard InChI is InChI=1S/C12H11ClFN3/c1-7-5-9(13)8(6-10(7)14)11-3-4-16-12(15-2)17-11/h3-6H,1-2H3,(H,15,16,17). The topological polar surface area (TPSA) is 37.8 Å². The quantitative estimate of drug-likeness (QED) is 0.890. The molecule has 88 valence electrons. The molecule has 0 fully saturated rings. The Labute approximate surface area is 104 Å². The lowest BCUT2D eigenvalue weighted by Gasteiger charge is -2.07. The van der Waals surface area contributed by atoms with Gasteiger partial charge in [0.25, 0.3) is 0 Å². The maximum Gasteiger partial charge on any atom is 0.222 e. The van der Waals surface area contributed by atoms with E-state index in [2.05, 4.69) is 15.3 Å². The van der Waals surface area contributed by atoms with E-state index in [1.54, 1.807) is 32.3 Å². The van der Waals surface area contributed by atoms with E-state index in [0.29, 0.717) is 27.8 Å². The normalized spacial score (nSPS) is 10.4. The summed E-state index contributed by atoms with van der Waals surface area (Å²) in [5.41, 5.74) is 1.67. The van der Waals surface area contributed by atoms with Crippen molar-refractivity contribution >= 4 is 17.5 Å². The molecule has 17 heavy (non-hydrogen) atoms. The van der Waals surface area contributed by atoms with Crippen LogP contribution < -0.4 is 5.32 Å². The number of benzene rings is 1. The smallest absolute Gasteiger partial charge is 0.222 e. The van der Waals surface area contributed by atoms with Crippen molar-refractivity contribution in [2.75, 3.05) is 12.4 Å². The number of aromatic nitrogens is 2. The highest BCUT2D eigenvalue weighted by Crippen LogP contribution is 2.29. The van der Waals surface area contributed by atoms with Crippen LogP contribution in [-0.2, 0) is 0 Å². The van der Waals surface area contributed by atoms with Gasteiger partial charge in [-0.1, -0.05) is 11.6 Å². The van der Waals surface area contributed by atoms with Crippen LogP contribution in [0.3, 0.4) is 0 Å². The predicted octanol–water partition coefficient (Wildman–Crippen LogP) is 3.29. The summed E-state index contributed by atoms with van der Waals surface area (Å²) >= 11 is 6.08. The first-order valence-corrected chi connectivity index (χ1v) is 5.46. The third-order valence-corrected chi connectivity index (χ3v) is 2.72. The Morgan fingerprint density at radius 1 is 1.35 bits per heavy atom. The SMILES string of the molecule is CNc1nccc(-c2cc(F)c(C)cc2Cl)n1. The highest BCUT2D eigenvalue weighted by molar-refractivity contribution is 6.33. The molecule has 1 N–H and O–H groups in total. The lowest BCUT2D eigenvalue weighted by atomic mass is 10.1. The Balaban J connectivity index is 2.56. The summed E-state index contributed by atoms with van der Waals surface area (Å²) in [6.45, 7) is 1.67. The molecule has 2 aromatic rings. The molecule has 2 rings (SSSR count). The van der Waals surface area contributed by atoms with Crippen molar-refractivity contribution in [1.29, 1.82) is 0 Å². The fourth-order valence-electron chi connectivity index (χ4n) is 1.47. The number of hydrogen-bond acceptors (Lipinski definition) is 3. The molecule has 0 spiro atoms. The maximum atomic E-state index is 13.5. The summed E-state index contributed by atoms with van der Waals surface area (Å²) in [5.74, 6) is 0.175. The molecule has 0 unspecified atom stereocenters. The average Bonchev–Trinajstić information content (AvgIpc) is 2.34. The van der Waals surface area contributed by atoms with Crippen LogP contribution in [0.5, 0.6) is 0 Å². The highest BCUT2D eigenvalue weighted by Gasteiger charge is 2.09. The molecule has 0 aliphatic heterocycles. The van der Waals surface area contributed by atoms with Gasteiger partial charge in [0, 0.05) is 18.8 Å². The van der Waals surface area contributed by atoms with Gasteiger partial charge in [-0.2, -0.15) is 0 Å². The second-order valence-electron chi connectivity index (χ2n) is 3.60. The third-order valence-electron chi connectivity index (χ3n) is 2.40. The molecule has 1 aromatic carbocycles. The molecule has 0 bridgehead atoms. The van der Waals surface area contributed by atoms with E-state index >= 15 is 0 Å². The Hall–Kier alpha value is -1.68. The Morgan fingerprint density at radius 3 is 2.82 bits per heavy atom. The van der Waals surface area contributed by atoms with Gasteiger partial charge in [-0.3, -0.25) is 0 Å². The van der Waals surface area contributed by atoms with Crippen molar-refractivity contribution in [1.82, 2.24) is 9.97 Å². The minimum absolute atomic E-state index is 0.297. The number of anilines is 1. The van der Waals surface area contributed by atoms with Crippen molar-refractivity contribution in [3.05, 3.63) is 40.8 Å². The predicted molar refractivity (Wildman–Crippen MR) is 66.7 cm³/mol. The first kappa shape index (κ1) is 11.8. The van der Waals surface area contributed by atoms with Gasteiger partial charge in [-0.25, -0.2) is 14.4 Å². The van der Waals surface area contributed by atoms with Crippen molar-refractivity contribution in [3.8, 4) is 11.3 Å². The summed E-state index contributed by atoms with van der Waals surface area (Å²) in [6.07, 6.45) is 1.60. The number of nitrogens with one attached hydrogen (secondary N) is 1. The summed E-state index contributed by atoms with van der Waals surface area (Å²) < 4.78 is 13.5. The van der Waals surface area contributed by atoms with Crippen molar-refractivity contribution in [2.24, 2.45) is 0 Å². The van der Waals surface area contributed by atoms with Gasteiger partial charge in [0.05, 0.1) is 10.7 Å². The Kier molecular flexibility index (Phi) is 3.24. The maximum absolute atomic E-state index is 13.5. The molecule has 0 aliphatic rings.